The van der Waals surface area contributed by atoms with Crippen molar-refractivity contribution in [3.63, 3.8) is 0 Å². The fourth-order valence-corrected chi connectivity index (χ4v) is 6.14. The normalized spacial score (nSPS) is 21.3. The van der Waals surface area contributed by atoms with Crippen LogP contribution in [0.3, 0.4) is 0 Å². The second kappa shape index (κ2) is 4.12. The number of thioether (sulfide) groups is 1. The topological polar surface area (TPSA) is 28.9 Å². The van der Waals surface area contributed by atoms with E-state index in [2.05, 4.69) is 59.6 Å². The fourth-order valence-electron chi connectivity index (χ4n) is 4.71. The molecule has 4 heterocycles. The minimum Gasteiger partial charge on any atom is -0.456 e. The van der Waals surface area contributed by atoms with E-state index in [1.807, 2.05) is 17.8 Å². The maximum absolute atomic E-state index is 6.38. The van der Waals surface area contributed by atoms with Gasteiger partial charge in [0.1, 0.15) is 11.2 Å². The van der Waals surface area contributed by atoms with E-state index in [1.54, 1.807) is 0 Å². The van der Waals surface area contributed by atoms with Crippen LogP contribution in [0, 0.1) is 0 Å². The number of aromatic nitrogens is 1. The highest BCUT2D eigenvalue weighted by Crippen LogP contribution is 2.62. The van der Waals surface area contributed by atoms with Crippen molar-refractivity contribution in [2.45, 2.75) is 10.5 Å². The van der Waals surface area contributed by atoms with E-state index in [-0.39, 0.29) is 0 Å². The second-order valence-electron chi connectivity index (χ2n) is 6.91. The minimum atomic E-state index is 0.418. The van der Waals surface area contributed by atoms with E-state index in [9.17, 15) is 0 Å². The summed E-state index contributed by atoms with van der Waals surface area (Å²) in [6.07, 6.45) is 4.69. The Bertz CT molecular complexity index is 1390. The molecule has 25 heavy (non-hydrogen) atoms. The molecule has 0 amide bonds. The molecule has 2 aliphatic heterocycles. The molecule has 2 bridgehead atoms. The zero-order valence-electron chi connectivity index (χ0n) is 13.2. The van der Waals surface area contributed by atoms with Gasteiger partial charge in [-0.25, -0.2) is 0 Å². The molecule has 2 nitrogen and oxygen atoms in total. The van der Waals surface area contributed by atoms with Crippen LogP contribution in [-0.2, 0) is 0 Å². The summed E-state index contributed by atoms with van der Waals surface area (Å²) >= 11 is 2.03. The average molecular weight is 339 g/mol. The number of rotatable bonds is 0. The zero-order chi connectivity index (χ0) is 16.1. The molecule has 0 saturated heterocycles. The third-order valence-electron chi connectivity index (χ3n) is 5.68. The van der Waals surface area contributed by atoms with Crippen molar-refractivity contribution in [1.29, 1.82) is 0 Å². The van der Waals surface area contributed by atoms with E-state index in [1.165, 1.54) is 43.7 Å². The Balaban J connectivity index is 1.87. The Labute approximate surface area is 147 Å². The van der Waals surface area contributed by atoms with E-state index in [4.69, 9.17) is 4.42 Å². The monoisotopic (exact) mass is 339 g/mol. The molecule has 1 N–H and O–H groups in total. The number of aromatic amines is 1. The van der Waals surface area contributed by atoms with Gasteiger partial charge in [-0.15, -0.1) is 11.8 Å². The Kier molecular flexibility index (Phi) is 2.09. The molecule has 0 radical (unpaired) electrons. The second-order valence-corrected chi connectivity index (χ2v) is 8.20. The quantitative estimate of drug-likeness (QED) is 0.321. The molecule has 3 aromatic carbocycles. The average Bonchev–Trinajstić information content (AvgIpc) is 3.40. The summed E-state index contributed by atoms with van der Waals surface area (Å²) in [5.41, 5.74) is 7.32. The summed E-state index contributed by atoms with van der Waals surface area (Å²) in [5.74, 6) is 0. The highest BCUT2D eigenvalue weighted by atomic mass is 32.2. The largest absolute Gasteiger partial charge is 0.456 e. The molecule has 118 valence electrons. The van der Waals surface area contributed by atoms with Crippen molar-refractivity contribution in [1.82, 2.24) is 4.98 Å². The van der Waals surface area contributed by atoms with Crippen molar-refractivity contribution in [3.8, 4) is 0 Å². The van der Waals surface area contributed by atoms with E-state index < -0.39 is 0 Å². The van der Waals surface area contributed by atoms with Crippen LogP contribution in [0.15, 0.2) is 65.1 Å². The third-order valence-corrected chi connectivity index (χ3v) is 7.05. The Hall–Kier alpha value is -2.65. The Morgan fingerprint density at radius 3 is 2.48 bits per heavy atom. The summed E-state index contributed by atoms with van der Waals surface area (Å²) < 4.78 is 6.38. The molecule has 2 aliphatic rings. The first-order valence-electron chi connectivity index (χ1n) is 8.61. The van der Waals surface area contributed by atoms with Crippen molar-refractivity contribution >= 4 is 55.5 Å². The maximum atomic E-state index is 6.38. The number of hydrogen-bond donors (Lipinski definition) is 1. The van der Waals surface area contributed by atoms with Gasteiger partial charge in [-0.3, -0.25) is 0 Å². The van der Waals surface area contributed by atoms with Crippen molar-refractivity contribution in [2.75, 3.05) is 0 Å². The van der Waals surface area contributed by atoms with Crippen LogP contribution in [0.25, 0.3) is 43.7 Å². The molecular weight excluding hydrogens is 326 g/mol. The van der Waals surface area contributed by atoms with E-state index in [0.717, 1.165) is 11.2 Å². The minimum absolute atomic E-state index is 0.418. The van der Waals surface area contributed by atoms with Crippen LogP contribution in [0.1, 0.15) is 21.6 Å². The van der Waals surface area contributed by atoms with Gasteiger partial charge in [0.2, 0.25) is 0 Å². The molecule has 3 heteroatoms. The molecule has 5 aromatic rings. The van der Waals surface area contributed by atoms with Crippen LogP contribution < -0.4 is 0 Å². The van der Waals surface area contributed by atoms with Gasteiger partial charge in [0.25, 0.3) is 0 Å². The van der Waals surface area contributed by atoms with Crippen LogP contribution in [0.2, 0.25) is 0 Å². The molecule has 2 atom stereocenters. The smallest absolute Gasteiger partial charge is 0.142 e. The molecule has 2 unspecified atom stereocenters. The fraction of sp³-hybridized carbons (Fsp3) is 0.0909. The summed E-state index contributed by atoms with van der Waals surface area (Å²) in [4.78, 5) is 3.70. The van der Waals surface area contributed by atoms with Crippen molar-refractivity contribution in [3.05, 3.63) is 71.8 Å². The van der Waals surface area contributed by atoms with Crippen LogP contribution in [-0.4, -0.2) is 4.98 Å². The highest BCUT2D eigenvalue weighted by Gasteiger charge is 2.39. The van der Waals surface area contributed by atoms with Crippen LogP contribution in [0.4, 0.5) is 0 Å². The standard InChI is InChI=1S/C22H13NOS/c1-3-7-13-11(5-1)17-19-15-9-10-16(25-15)20(19)22-18(21(17)23-13)12-6-2-4-8-14(12)24-22/h1-10,15-16,23H. The lowest BCUT2D eigenvalue weighted by Gasteiger charge is -2.12. The van der Waals surface area contributed by atoms with Crippen molar-refractivity contribution in [2.24, 2.45) is 0 Å². The first-order chi connectivity index (χ1) is 12.4. The first-order valence-corrected chi connectivity index (χ1v) is 9.55. The summed E-state index contributed by atoms with van der Waals surface area (Å²) in [6, 6.07) is 17.0. The predicted molar refractivity (Wildman–Crippen MR) is 105 cm³/mol. The number of benzene rings is 3. The molecule has 2 aromatic heterocycles. The first kappa shape index (κ1) is 12.7. The lowest BCUT2D eigenvalue weighted by atomic mass is 9.90. The maximum Gasteiger partial charge on any atom is 0.142 e. The van der Waals surface area contributed by atoms with E-state index >= 15 is 0 Å². The summed E-state index contributed by atoms with van der Waals surface area (Å²) in [5, 5.41) is 6.01. The third kappa shape index (κ3) is 1.37. The van der Waals surface area contributed by atoms with Gasteiger partial charge >= 0.3 is 0 Å². The Morgan fingerprint density at radius 2 is 1.56 bits per heavy atom. The lowest BCUT2D eigenvalue weighted by Crippen LogP contribution is -1.95. The molecule has 0 fully saturated rings. The molecule has 0 aliphatic carbocycles. The number of nitrogens with one attached hydrogen (secondary N) is 1. The van der Waals surface area contributed by atoms with Gasteiger partial charge in [-0.1, -0.05) is 48.6 Å². The molecular formula is C22H13NOS. The lowest BCUT2D eigenvalue weighted by molar-refractivity contribution is 0.664. The molecule has 0 spiro atoms. The van der Waals surface area contributed by atoms with Crippen LogP contribution in [0.5, 0.6) is 0 Å². The molecule has 0 saturated carbocycles. The number of hydrogen-bond acceptors (Lipinski definition) is 2. The SMILES string of the molecule is C1=CC2SC1c1c2c2c3ccccc3[nH]c2c2c1oc1ccccc12. The molecule has 7 rings (SSSR count). The van der Waals surface area contributed by atoms with Gasteiger partial charge in [-0.2, -0.15) is 0 Å². The van der Waals surface area contributed by atoms with Crippen molar-refractivity contribution < 1.29 is 4.42 Å². The summed E-state index contributed by atoms with van der Waals surface area (Å²) in [6.45, 7) is 0. The Morgan fingerprint density at radius 1 is 0.800 bits per heavy atom. The number of H-pyrrole nitrogens is 1. The number of fused-ring (bicyclic) bond motifs is 14. The van der Waals surface area contributed by atoms with Gasteiger partial charge in [0.15, 0.2) is 0 Å². The van der Waals surface area contributed by atoms with Gasteiger partial charge < -0.3 is 9.40 Å². The van der Waals surface area contributed by atoms with Gasteiger partial charge in [0.05, 0.1) is 16.2 Å². The number of furan rings is 1. The number of para-hydroxylation sites is 2. The van der Waals surface area contributed by atoms with Gasteiger partial charge in [0, 0.05) is 32.5 Å². The summed E-state index contributed by atoms with van der Waals surface area (Å²) in [7, 11) is 0. The highest BCUT2D eigenvalue weighted by molar-refractivity contribution is 8.00. The van der Waals surface area contributed by atoms with Crippen LogP contribution >= 0.6 is 11.8 Å². The van der Waals surface area contributed by atoms with E-state index in [0.29, 0.717) is 10.5 Å². The van der Waals surface area contributed by atoms with Gasteiger partial charge in [-0.05, 0) is 17.7 Å². The zero-order valence-corrected chi connectivity index (χ0v) is 14.1. The predicted octanol–water partition coefficient (Wildman–Crippen LogP) is 6.62.